The van der Waals surface area contributed by atoms with Gasteiger partial charge in [0.25, 0.3) is 0 Å². The number of rotatable bonds is 4. The minimum absolute atomic E-state index is 0.00624. The summed E-state index contributed by atoms with van der Waals surface area (Å²) in [4.78, 5) is 0. The van der Waals surface area contributed by atoms with E-state index in [9.17, 15) is 20.4 Å². The van der Waals surface area contributed by atoms with Crippen molar-refractivity contribution in [2.24, 2.45) is 0 Å². The van der Waals surface area contributed by atoms with E-state index < -0.39 is 0 Å². The van der Waals surface area contributed by atoms with Crippen LogP contribution in [0, 0.1) is 0 Å². The van der Waals surface area contributed by atoms with Crippen LogP contribution in [0.4, 0.5) is 0 Å². The number of aromatic hydroxyl groups is 4. The molecule has 0 aromatic heterocycles. The number of phenolic OH excluding ortho intramolecular Hbond substituents is 4. The molecule has 4 rings (SSSR count). The van der Waals surface area contributed by atoms with Crippen molar-refractivity contribution in [2.45, 2.75) is 0 Å². The normalized spacial score (nSPS) is 10.6. The highest BCUT2D eigenvalue weighted by atomic mass is 16.5. The van der Waals surface area contributed by atoms with E-state index in [0.717, 1.165) is 11.1 Å². The molecule has 0 aliphatic rings. The zero-order valence-electron chi connectivity index (χ0n) is 15.3. The van der Waals surface area contributed by atoms with E-state index in [1.807, 2.05) is 24.3 Å². The average molecular weight is 386 g/mol. The summed E-state index contributed by atoms with van der Waals surface area (Å²) in [7, 11) is 0. The lowest BCUT2D eigenvalue weighted by Crippen LogP contribution is -1.86. The van der Waals surface area contributed by atoms with Crippen LogP contribution in [0.1, 0.15) is 0 Å². The summed E-state index contributed by atoms with van der Waals surface area (Å²) >= 11 is 0. The van der Waals surface area contributed by atoms with Crippen LogP contribution in [0.15, 0.2) is 84.9 Å². The second-order valence-electron chi connectivity index (χ2n) is 6.55. The van der Waals surface area contributed by atoms with Gasteiger partial charge in [0.05, 0.1) is 0 Å². The third-order valence-corrected chi connectivity index (χ3v) is 4.53. The summed E-state index contributed by atoms with van der Waals surface area (Å²) in [6, 6.07) is 23.4. The smallest absolute Gasteiger partial charge is 0.127 e. The van der Waals surface area contributed by atoms with Crippen molar-refractivity contribution in [3.05, 3.63) is 84.9 Å². The molecule has 0 saturated heterocycles. The van der Waals surface area contributed by atoms with Crippen LogP contribution in [0.2, 0.25) is 0 Å². The largest absolute Gasteiger partial charge is 0.508 e. The van der Waals surface area contributed by atoms with Crippen molar-refractivity contribution in [1.82, 2.24) is 0 Å². The fourth-order valence-electron chi connectivity index (χ4n) is 3.07. The lowest BCUT2D eigenvalue weighted by atomic mass is 10.0. The van der Waals surface area contributed by atoms with Crippen molar-refractivity contribution in [3.63, 3.8) is 0 Å². The van der Waals surface area contributed by atoms with E-state index in [0.29, 0.717) is 22.6 Å². The molecule has 0 aliphatic carbocycles. The van der Waals surface area contributed by atoms with E-state index in [-0.39, 0.29) is 23.0 Å². The molecular weight excluding hydrogens is 368 g/mol. The predicted molar refractivity (Wildman–Crippen MR) is 110 cm³/mol. The first-order chi connectivity index (χ1) is 14.0. The van der Waals surface area contributed by atoms with Crippen LogP contribution < -0.4 is 4.74 Å². The molecule has 0 bridgehead atoms. The van der Waals surface area contributed by atoms with Gasteiger partial charge in [-0.25, -0.2) is 0 Å². The Hall–Kier alpha value is -4.12. The fourth-order valence-corrected chi connectivity index (χ4v) is 3.07. The molecule has 5 nitrogen and oxygen atoms in total. The van der Waals surface area contributed by atoms with Gasteiger partial charge < -0.3 is 25.2 Å². The third kappa shape index (κ3) is 3.94. The minimum Gasteiger partial charge on any atom is -0.508 e. The van der Waals surface area contributed by atoms with Gasteiger partial charge in [0.15, 0.2) is 0 Å². The van der Waals surface area contributed by atoms with Crippen molar-refractivity contribution < 1.29 is 25.2 Å². The third-order valence-electron chi connectivity index (χ3n) is 4.53. The molecule has 0 saturated carbocycles. The Bertz CT molecular complexity index is 1060. The Labute approximate surface area is 167 Å². The molecule has 29 heavy (non-hydrogen) atoms. The van der Waals surface area contributed by atoms with Crippen LogP contribution in [-0.4, -0.2) is 20.4 Å². The second-order valence-corrected chi connectivity index (χ2v) is 6.55. The van der Waals surface area contributed by atoms with Crippen LogP contribution in [0.25, 0.3) is 22.3 Å². The van der Waals surface area contributed by atoms with E-state index in [2.05, 4.69) is 0 Å². The zero-order chi connectivity index (χ0) is 20.4. The minimum atomic E-state index is 0.00624. The quantitative estimate of drug-likeness (QED) is 0.365. The number of ether oxygens (including phenoxy) is 1. The summed E-state index contributed by atoms with van der Waals surface area (Å²) in [6.07, 6.45) is 0. The summed E-state index contributed by atoms with van der Waals surface area (Å²) in [5, 5.41) is 38.8. The summed E-state index contributed by atoms with van der Waals surface area (Å²) < 4.78 is 5.85. The topological polar surface area (TPSA) is 90.2 Å². The zero-order valence-corrected chi connectivity index (χ0v) is 15.3. The Morgan fingerprint density at radius 2 is 0.828 bits per heavy atom. The molecule has 0 fully saturated rings. The second kappa shape index (κ2) is 7.48. The first kappa shape index (κ1) is 18.3. The molecule has 0 heterocycles. The first-order valence-corrected chi connectivity index (χ1v) is 8.92. The molecule has 0 unspecified atom stereocenters. The Morgan fingerprint density at radius 1 is 0.448 bits per heavy atom. The molecular formula is C24H18O5. The van der Waals surface area contributed by atoms with Crippen LogP contribution >= 0.6 is 0 Å². The average Bonchev–Trinajstić information content (AvgIpc) is 2.70. The van der Waals surface area contributed by atoms with Gasteiger partial charge in [-0.3, -0.25) is 0 Å². The Morgan fingerprint density at radius 3 is 1.17 bits per heavy atom. The number of benzene rings is 4. The molecule has 0 amide bonds. The molecule has 4 N–H and O–H groups in total. The van der Waals surface area contributed by atoms with Gasteiger partial charge in [0, 0.05) is 23.3 Å². The first-order valence-electron chi connectivity index (χ1n) is 8.92. The van der Waals surface area contributed by atoms with Gasteiger partial charge in [-0.15, -0.1) is 0 Å². The Kier molecular flexibility index (Phi) is 4.71. The molecule has 4 aromatic rings. The van der Waals surface area contributed by atoms with E-state index in [4.69, 9.17) is 4.74 Å². The van der Waals surface area contributed by atoms with Gasteiger partial charge in [-0.05, 0) is 59.7 Å². The molecule has 0 spiro atoms. The number of hydrogen-bond donors (Lipinski definition) is 4. The highest BCUT2D eigenvalue weighted by molar-refractivity contribution is 5.72. The lowest BCUT2D eigenvalue weighted by molar-refractivity contribution is 0.451. The number of phenols is 4. The van der Waals surface area contributed by atoms with Crippen molar-refractivity contribution in [2.75, 3.05) is 0 Å². The molecule has 144 valence electrons. The monoisotopic (exact) mass is 386 g/mol. The Balaban J connectivity index is 1.51. The van der Waals surface area contributed by atoms with E-state index >= 15 is 0 Å². The van der Waals surface area contributed by atoms with E-state index in [1.54, 1.807) is 36.4 Å². The maximum Gasteiger partial charge on any atom is 0.127 e. The summed E-state index contributed by atoms with van der Waals surface area (Å²) in [5.74, 6) is 1.29. The maximum atomic E-state index is 9.98. The highest BCUT2D eigenvalue weighted by Gasteiger charge is 2.08. The van der Waals surface area contributed by atoms with Gasteiger partial charge in [-0.2, -0.15) is 0 Å². The van der Waals surface area contributed by atoms with Crippen molar-refractivity contribution >= 4 is 0 Å². The van der Waals surface area contributed by atoms with Crippen LogP contribution in [0.3, 0.4) is 0 Å². The summed E-state index contributed by atoms with van der Waals surface area (Å²) in [5.41, 5.74) is 2.83. The van der Waals surface area contributed by atoms with E-state index in [1.165, 1.54) is 24.3 Å². The molecule has 0 aliphatic heterocycles. The van der Waals surface area contributed by atoms with Crippen LogP contribution in [0.5, 0.6) is 34.5 Å². The fraction of sp³-hybridized carbons (Fsp3) is 0. The van der Waals surface area contributed by atoms with Gasteiger partial charge >= 0.3 is 0 Å². The van der Waals surface area contributed by atoms with Gasteiger partial charge in [-0.1, -0.05) is 24.3 Å². The molecule has 4 aromatic carbocycles. The molecule has 5 heteroatoms. The summed E-state index contributed by atoms with van der Waals surface area (Å²) in [6.45, 7) is 0. The number of hydrogen-bond acceptors (Lipinski definition) is 5. The van der Waals surface area contributed by atoms with Gasteiger partial charge in [0.2, 0.25) is 0 Å². The van der Waals surface area contributed by atoms with Crippen LogP contribution in [-0.2, 0) is 0 Å². The predicted octanol–water partition coefficient (Wildman–Crippen LogP) is 5.64. The molecule has 0 radical (unpaired) electrons. The van der Waals surface area contributed by atoms with Crippen molar-refractivity contribution in [1.29, 1.82) is 0 Å². The highest BCUT2D eigenvalue weighted by Crippen LogP contribution is 2.35. The van der Waals surface area contributed by atoms with Crippen molar-refractivity contribution in [3.8, 4) is 56.8 Å². The SMILES string of the molecule is Oc1ccc(-c2ccc(Oc3ccc(-c4ccc(O)cc4O)cc3)cc2)c(O)c1. The standard InChI is InChI=1S/C24H18O5/c25-17-5-11-21(23(27)13-17)15-1-7-19(8-2-15)29-20-9-3-16(4-10-20)22-12-6-18(26)14-24(22)28/h1-14,25-28H. The maximum absolute atomic E-state index is 9.98. The molecule has 0 atom stereocenters. The lowest BCUT2D eigenvalue weighted by Gasteiger charge is -2.10. The van der Waals surface area contributed by atoms with Gasteiger partial charge in [0.1, 0.15) is 34.5 Å².